The number of rotatable bonds is 0. The summed E-state index contributed by atoms with van der Waals surface area (Å²) in [6, 6.07) is 0. The molecule has 1 aliphatic heterocycles. The summed E-state index contributed by atoms with van der Waals surface area (Å²) in [6.07, 6.45) is 5.27. The molecule has 2 fully saturated rings. The smallest absolute Gasteiger partial charge is 0.266 e. The SMILES string of the molecule is O=S1(=O)CCC2CCCCC2O1. The zero-order chi connectivity index (χ0) is 8.60. The molecule has 1 heterocycles. The van der Waals surface area contributed by atoms with Gasteiger partial charge in [-0.3, -0.25) is 4.18 Å². The Labute approximate surface area is 73.2 Å². The van der Waals surface area contributed by atoms with Gasteiger partial charge in [0, 0.05) is 0 Å². The maximum Gasteiger partial charge on any atom is 0.267 e. The first-order chi connectivity index (χ1) is 5.67. The molecule has 0 radical (unpaired) electrons. The largest absolute Gasteiger partial charge is 0.267 e. The summed E-state index contributed by atoms with van der Waals surface area (Å²) in [6.45, 7) is 0. The van der Waals surface area contributed by atoms with Crippen molar-refractivity contribution < 1.29 is 12.6 Å². The van der Waals surface area contributed by atoms with E-state index in [1.165, 1.54) is 6.42 Å². The third-order valence-electron chi connectivity index (χ3n) is 2.85. The summed E-state index contributed by atoms with van der Waals surface area (Å²) >= 11 is 0. The van der Waals surface area contributed by atoms with Crippen LogP contribution in [0, 0.1) is 5.92 Å². The van der Waals surface area contributed by atoms with Gasteiger partial charge in [0.15, 0.2) is 0 Å². The number of fused-ring (bicyclic) bond motifs is 1. The average molecular weight is 190 g/mol. The van der Waals surface area contributed by atoms with Gasteiger partial charge in [0.2, 0.25) is 0 Å². The van der Waals surface area contributed by atoms with Crippen molar-refractivity contribution in [1.82, 2.24) is 0 Å². The summed E-state index contributed by atoms with van der Waals surface area (Å²) in [5, 5.41) is 0. The van der Waals surface area contributed by atoms with Crippen LogP contribution in [0.25, 0.3) is 0 Å². The van der Waals surface area contributed by atoms with Crippen molar-refractivity contribution >= 4 is 10.1 Å². The van der Waals surface area contributed by atoms with Crippen LogP contribution in [0.3, 0.4) is 0 Å². The highest BCUT2D eigenvalue weighted by Gasteiger charge is 2.35. The molecule has 70 valence electrons. The molecular formula is C8H14O3S. The standard InChI is InChI=1S/C8H14O3S/c9-12(10)6-5-7-3-1-2-4-8(7)11-12/h7-8H,1-6H2. The van der Waals surface area contributed by atoms with Crippen LogP contribution in [0.5, 0.6) is 0 Å². The van der Waals surface area contributed by atoms with Crippen molar-refractivity contribution in [2.75, 3.05) is 5.75 Å². The van der Waals surface area contributed by atoms with Crippen LogP contribution in [-0.2, 0) is 14.3 Å². The molecule has 2 aliphatic rings. The zero-order valence-corrected chi connectivity index (χ0v) is 7.85. The molecule has 1 saturated heterocycles. The molecule has 12 heavy (non-hydrogen) atoms. The Morgan fingerprint density at radius 2 is 1.83 bits per heavy atom. The van der Waals surface area contributed by atoms with Crippen molar-refractivity contribution in [2.45, 2.75) is 38.2 Å². The van der Waals surface area contributed by atoms with E-state index in [9.17, 15) is 8.42 Å². The summed E-state index contributed by atoms with van der Waals surface area (Å²) < 4.78 is 27.2. The highest BCUT2D eigenvalue weighted by Crippen LogP contribution is 2.34. The molecule has 3 nitrogen and oxygen atoms in total. The first-order valence-electron chi connectivity index (χ1n) is 4.58. The Hall–Kier alpha value is -0.0900. The molecule has 2 unspecified atom stereocenters. The number of hydrogen-bond acceptors (Lipinski definition) is 3. The summed E-state index contributed by atoms with van der Waals surface area (Å²) in [5.74, 6) is 0.746. The summed E-state index contributed by atoms with van der Waals surface area (Å²) in [5.41, 5.74) is 0. The fraction of sp³-hybridized carbons (Fsp3) is 1.00. The van der Waals surface area contributed by atoms with Crippen LogP contribution in [-0.4, -0.2) is 20.3 Å². The highest BCUT2D eigenvalue weighted by molar-refractivity contribution is 7.86. The molecule has 0 aromatic rings. The summed E-state index contributed by atoms with van der Waals surface area (Å²) in [4.78, 5) is 0. The monoisotopic (exact) mass is 190 g/mol. The maximum absolute atomic E-state index is 11.1. The van der Waals surface area contributed by atoms with Crippen LogP contribution < -0.4 is 0 Å². The van der Waals surface area contributed by atoms with Crippen LogP contribution >= 0.6 is 0 Å². The highest BCUT2D eigenvalue weighted by atomic mass is 32.2. The maximum atomic E-state index is 11.1. The average Bonchev–Trinajstić information content (AvgIpc) is 2.02. The van der Waals surface area contributed by atoms with Crippen molar-refractivity contribution in [3.05, 3.63) is 0 Å². The Morgan fingerprint density at radius 1 is 1.08 bits per heavy atom. The second kappa shape index (κ2) is 3.00. The predicted molar refractivity (Wildman–Crippen MR) is 45.2 cm³/mol. The quantitative estimate of drug-likeness (QED) is 0.541. The lowest BCUT2D eigenvalue weighted by Gasteiger charge is -2.34. The van der Waals surface area contributed by atoms with Gasteiger partial charge < -0.3 is 0 Å². The van der Waals surface area contributed by atoms with Gasteiger partial charge in [-0.05, 0) is 25.2 Å². The normalized spacial score (nSPS) is 40.3. The zero-order valence-electron chi connectivity index (χ0n) is 7.03. The summed E-state index contributed by atoms with van der Waals surface area (Å²) in [7, 11) is -3.15. The van der Waals surface area contributed by atoms with Crippen molar-refractivity contribution in [3.63, 3.8) is 0 Å². The van der Waals surface area contributed by atoms with E-state index in [2.05, 4.69) is 0 Å². The fourth-order valence-electron chi connectivity index (χ4n) is 2.16. The van der Waals surface area contributed by atoms with Gasteiger partial charge in [-0.2, -0.15) is 8.42 Å². The predicted octanol–water partition coefficient (Wildman–Crippen LogP) is 1.30. The van der Waals surface area contributed by atoms with Gasteiger partial charge in [-0.15, -0.1) is 0 Å². The lowest BCUT2D eigenvalue weighted by Crippen LogP contribution is -2.37. The molecular weight excluding hydrogens is 176 g/mol. The third-order valence-corrected chi connectivity index (χ3v) is 4.12. The van der Waals surface area contributed by atoms with Crippen molar-refractivity contribution in [1.29, 1.82) is 0 Å². The van der Waals surface area contributed by atoms with E-state index < -0.39 is 10.1 Å². The van der Waals surface area contributed by atoms with Crippen molar-refractivity contribution in [2.24, 2.45) is 5.92 Å². The lowest BCUT2D eigenvalue weighted by molar-refractivity contribution is 0.0819. The molecule has 1 saturated carbocycles. The van der Waals surface area contributed by atoms with E-state index in [1.807, 2.05) is 0 Å². The second-order valence-corrected chi connectivity index (χ2v) is 5.45. The van der Waals surface area contributed by atoms with E-state index in [4.69, 9.17) is 4.18 Å². The molecule has 0 N–H and O–H groups in total. The molecule has 0 amide bonds. The van der Waals surface area contributed by atoms with Gasteiger partial charge >= 0.3 is 0 Å². The Kier molecular flexibility index (Phi) is 2.12. The molecule has 0 aromatic carbocycles. The van der Waals surface area contributed by atoms with Crippen molar-refractivity contribution in [3.8, 4) is 0 Å². The molecule has 4 heteroatoms. The molecule has 2 rings (SSSR count). The minimum Gasteiger partial charge on any atom is -0.266 e. The molecule has 0 aromatic heterocycles. The third kappa shape index (κ3) is 1.64. The van der Waals surface area contributed by atoms with E-state index in [0.717, 1.165) is 25.7 Å². The first-order valence-corrected chi connectivity index (χ1v) is 6.16. The minimum absolute atomic E-state index is 0.0116. The van der Waals surface area contributed by atoms with Crippen LogP contribution in [0.2, 0.25) is 0 Å². The molecule has 0 spiro atoms. The van der Waals surface area contributed by atoms with E-state index in [-0.39, 0.29) is 11.9 Å². The van der Waals surface area contributed by atoms with E-state index in [0.29, 0.717) is 5.92 Å². The minimum atomic E-state index is -3.15. The fourth-order valence-corrected chi connectivity index (χ4v) is 3.48. The van der Waals surface area contributed by atoms with E-state index >= 15 is 0 Å². The van der Waals surface area contributed by atoms with Gasteiger partial charge in [0.1, 0.15) is 0 Å². The van der Waals surface area contributed by atoms with Gasteiger partial charge in [-0.1, -0.05) is 12.8 Å². The first kappa shape index (κ1) is 8.51. The van der Waals surface area contributed by atoms with Crippen LogP contribution in [0.4, 0.5) is 0 Å². The molecule has 0 bridgehead atoms. The Morgan fingerprint density at radius 3 is 2.67 bits per heavy atom. The number of hydrogen-bond donors (Lipinski definition) is 0. The van der Waals surface area contributed by atoms with Gasteiger partial charge in [0.25, 0.3) is 10.1 Å². The molecule has 1 aliphatic carbocycles. The van der Waals surface area contributed by atoms with Gasteiger partial charge in [-0.25, -0.2) is 0 Å². The van der Waals surface area contributed by atoms with Gasteiger partial charge in [0.05, 0.1) is 11.9 Å². The van der Waals surface area contributed by atoms with Crippen LogP contribution in [0.1, 0.15) is 32.1 Å². The lowest BCUT2D eigenvalue weighted by atomic mass is 9.85. The topological polar surface area (TPSA) is 43.4 Å². The second-order valence-electron chi connectivity index (χ2n) is 3.73. The Balaban J connectivity index is 2.08. The van der Waals surface area contributed by atoms with Crippen LogP contribution in [0.15, 0.2) is 0 Å². The van der Waals surface area contributed by atoms with E-state index in [1.54, 1.807) is 0 Å². The Bertz CT molecular complexity index is 257. The molecule has 2 atom stereocenters.